The molecule has 0 saturated heterocycles. The molecule has 5 heteroatoms. The number of aromatic nitrogens is 2. The second kappa shape index (κ2) is 5.80. The predicted octanol–water partition coefficient (Wildman–Crippen LogP) is 3.36. The van der Waals surface area contributed by atoms with Crippen LogP contribution in [0.25, 0.3) is 0 Å². The van der Waals surface area contributed by atoms with Crippen molar-refractivity contribution >= 4 is 23.4 Å². The lowest BCUT2D eigenvalue weighted by Gasteiger charge is -2.21. The van der Waals surface area contributed by atoms with Crippen LogP contribution in [0.4, 0.5) is 11.6 Å². The average molecular weight is 294 g/mol. The van der Waals surface area contributed by atoms with Crippen molar-refractivity contribution in [1.29, 1.82) is 0 Å². The standard InChI is InChI=1S/C15H26N4S/c1-9-12(16)18-14(15(2,3)4)19-13(9)17-10-6-7-11(8-10)20-5/h10-11H,6-8H2,1-5H3,(H3,16,17,18,19). The summed E-state index contributed by atoms with van der Waals surface area (Å²) in [4.78, 5) is 9.14. The molecule has 2 atom stereocenters. The number of hydrogen-bond acceptors (Lipinski definition) is 5. The first-order chi connectivity index (χ1) is 9.31. The van der Waals surface area contributed by atoms with Gasteiger partial charge in [-0.2, -0.15) is 11.8 Å². The van der Waals surface area contributed by atoms with Crippen LogP contribution in [0.3, 0.4) is 0 Å². The second-order valence-corrected chi connectivity index (χ2v) is 7.81. The topological polar surface area (TPSA) is 63.8 Å². The van der Waals surface area contributed by atoms with E-state index in [-0.39, 0.29) is 5.41 Å². The Hall–Kier alpha value is -0.970. The minimum absolute atomic E-state index is 0.0876. The molecule has 1 aromatic heterocycles. The van der Waals surface area contributed by atoms with Crippen molar-refractivity contribution in [2.75, 3.05) is 17.3 Å². The maximum atomic E-state index is 6.05. The van der Waals surface area contributed by atoms with Crippen molar-refractivity contribution in [3.63, 3.8) is 0 Å². The van der Waals surface area contributed by atoms with E-state index in [0.717, 1.165) is 22.5 Å². The van der Waals surface area contributed by atoms with E-state index in [1.54, 1.807) is 0 Å². The fraction of sp³-hybridized carbons (Fsp3) is 0.733. The van der Waals surface area contributed by atoms with Crippen molar-refractivity contribution in [3.05, 3.63) is 11.4 Å². The molecule has 1 aliphatic rings. The number of anilines is 2. The summed E-state index contributed by atoms with van der Waals surface area (Å²) in [6.07, 6.45) is 5.89. The molecule has 2 unspecified atom stereocenters. The Labute approximate surface area is 126 Å². The average Bonchev–Trinajstić information content (AvgIpc) is 2.81. The minimum atomic E-state index is -0.0876. The Morgan fingerprint density at radius 3 is 2.50 bits per heavy atom. The van der Waals surface area contributed by atoms with Gasteiger partial charge in [-0.3, -0.25) is 0 Å². The molecule has 3 N–H and O–H groups in total. The van der Waals surface area contributed by atoms with Gasteiger partial charge in [0.15, 0.2) is 0 Å². The Kier molecular flexibility index (Phi) is 4.47. The van der Waals surface area contributed by atoms with Gasteiger partial charge in [-0.25, -0.2) is 9.97 Å². The SMILES string of the molecule is CSC1CCC(Nc2nc(C(C)(C)C)nc(N)c2C)C1. The van der Waals surface area contributed by atoms with Crippen LogP contribution < -0.4 is 11.1 Å². The van der Waals surface area contributed by atoms with Gasteiger partial charge in [-0.15, -0.1) is 0 Å². The highest BCUT2D eigenvalue weighted by Gasteiger charge is 2.26. The van der Waals surface area contributed by atoms with E-state index in [2.05, 4.69) is 37.3 Å². The van der Waals surface area contributed by atoms with E-state index < -0.39 is 0 Å². The first-order valence-corrected chi connectivity index (χ1v) is 8.54. The molecule has 1 aliphatic carbocycles. The summed E-state index contributed by atoms with van der Waals surface area (Å²) in [5.74, 6) is 2.31. The van der Waals surface area contributed by atoms with Crippen LogP contribution in [0.2, 0.25) is 0 Å². The number of nitrogen functional groups attached to an aromatic ring is 1. The van der Waals surface area contributed by atoms with Crippen LogP contribution in [-0.4, -0.2) is 27.5 Å². The summed E-state index contributed by atoms with van der Waals surface area (Å²) in [5.41, 5.74) is 6.93. The van der Waals surface area contributed by atoms with Gasteiger partial charge < -0.3 is 11.1 Å². The zero-order chi connectivity index (χ0) is 14.9. The molecule has 4 nitrogen and oxygen atoms in total. The third-order valence-electron chi connectivity index (χ3n) is 3.91. The lowest BCUT2D eigenvalue weighted by molar-refractivity contribution is 0.545. The van der Waals surface area contributed by atoms with Crippen LogP contribution in [0.1, 0.15) is 51.4 Å². The van der Waals surface area contributed by atoms with Gasteiger partial charge in [0.2, 0.25) is 0 Å². The first kappa shape index (κ1) is 15.4. The summed E-state index contributed by atoms with van der Waals surface area (Å²) < 4.78 is 0. The highest BCUT2D eigenvalue weighted by molar-refractivity contribution is 7.99. The molecule has 0 amide bonds. The van der Waals surface area contributed by atoms with Gasteiger partial charge in [-0.05, 0) is 32.4 Å². The highest BCUT2D eigenvalue weighted by Crippen LogP contribution is 2.32. The summed E-state index contributed by atoms with van der Waals surface area (Å²) in [6.45, 7) is 8.33. The number of nitrogens with two attached hydrogens (primary N) is 1. The molecule has 1 fully saturated rings. The van der Waals surface area contributed by atoms with Crippen LogP contribution in [-0.2, 0) is 5.41 Å². The lowest BCUT2D eigenvalue weighted by Crippen LogP contribution is -2.23. The number of hydrogen-bond donors (Lipinski definition) is 2. The minimum Gasteiger partial charge on any atom is -0.383 e. The molecule has 0 aromatic carbocycles. The molecular formula is C15H26N4S. The number of nitrogens with zero attached hydrogens (tertiary/aromatic N) is 2. The maximum absolute atomic E-state index is 6.05. The third kappa shape index (κ3) is 3.37. The van der Waals surface area contributed by atoms with Crippen molar-refractivity contribution < 1.29 is 0 Å². The fourth-order valence-corrected chi connectivity index (χ4v) is 3.29. The molecule has 1 heterocycles. The predicted molar refractivity (Wildman–Crippen MR) is 88.4 cm³/mol. The van der Waals surface area contributed by atoms with Gasteiger partial charge in [-0.1, -0.05) is 20.8 Å². The fourth-order valence-electron chi connectivity index (χ4n) is 2.49. The molecule has 0 bridgehead atoms. The van der Waals surface area contributed by atoms with Crippen molar-refractivity contribution in [2.45, 2.75) is 63.7 Å². The normalized spacial score (nSPS) is 23.1. The van der Waals surface area contributed by atoms with E-state index in [4.69, 9.17) is 10.7 Å². The van der Waals surface area contributed by atoms with Crippen LogP contribution in [0, 0.1) is 6.92 Å². The third-order valence-corrected chi connectivity index (χ3v) is 5.01. The highest BCUT2D eigenvalue weighted by atomic mass is 32.2. The zero-order valence-corrected chi connectivity index (χ0v) is 14.0. The summed E-state index contributed by atoms with van der Waals surface area (Å²) in [5, 5.41) is 4.35. The van der Waals surface area contributed by atoms with E-state index in [1.807, 2.05) is 18.7 Å². The Morgan fingerprint density at radius 2 is 1.95 bits per heavy atom. The smallest absolute Gasteiger partial charge is 0.138 e. The van der Waals surface area contributed by atoms with E-state index >= 15 is 0 Å². The van der Waals surface area contributed by atoms with E-state index in [0.29, 0.717) is 11.9 Å². The van der Waals surface area contributed by atoms with Crippen LogP contribution in [0.5, 0.6) is 0 Å². The molecule has 0 spiro atoms. The number of thioether (sulfide) groups is 1. The molecule has 20 heavy (non-hydrogen) atoms. The molecule has 2 rings (SSSR count). The largest absolute Gasteiger partial charge is 0.383 e. The van der Waals surface area contributed by atoms with Crippen molar-refractivity contribution in [3.8, 4) is 0 Å². The van der Waals surface area contributed by atoms with Crippen molar-refractivity contribution in [1.82, 2.24) is 9.97 Å². The molecule has 1 aromatic rings. The zero-order valence-electron chi connectivity index (χ0n) is 13.2. The summed E-state index contributed by atoms with van der Waals surface area (Å²) in [7, 11) is 0. The Balaban J connectivity index is 2.21. The summed E-state index contributed by atoms with van der Waals surface area (Å²) >= 11 is 1.96. The Bertz CT molecular complexity index is 481. The maximum Gasteiger partial charge on any atom is 0.138 e. The van der Waals surface area contributed by atoms with Crippen molar-refractivity contribution in [2.24, 2.45) is 0 Å². The molecular weight excluding hydrogens is 268 g/mol. The molecule has 0 radical (unpaired) electrons. The number of nitrogens with one attached hydrogen (secondary N) is 1. The molecule has 1 saturated carbocycles. The van der Waals surface area contributed by atoms with E-state index in [9.17, 15) is 0 Å². The molecule has 112 valence electrons. The first-order valence-electron chi connectivity index (χ1n) is 7.25. The van der Waals surface area contributed by atoms with Crippen LogP contribution >= 0.6 is 11.8 Å². The lowest BCUT2D eigenvalue weighted by atomic mass is 9.95. The van der Waals surface area contributed by atoms with Gasteiger partial charge in [0, 0.05) is 22.3 Å². The van der Waals surface area contributed by atoms with Gasteiger partial charge >= 0.3 is 0 Å². The second-order valence-electron chi connectivity index (χ2n) is 6.67. The van der Waals surface area contributed by atoms with E-state index in [1.165, 1.54) is 19.3 Å². The summed E-state index contributed by atoms with van der Waals surface area (Å²) in [6, 6.07) is 0.508. The van der Waals surface area contributed by atoms with Gasteiger partial charge in [0.1, 0.15) is 17.5 Å². The monoisotopic (exact) mass is 294 g/mol. The van der Waals surface area contributed by atoms with Crippen LogP contribution in [0.15, 0.2) is 0 Å². The van der Waals surface area contributed by atoms with Gasteiger partial charge in [0.05, 0.1) is 0 Å². The Morgan fingerprint density at radius 1 is 1.25 bits per heavy atom. The molecule has 0 aliphatic heterocycles. The van der Waals surface area contributed by atoms with Gasteiger partial charge in [0.25, 0.3) is 0 Å². The number of rotatable bonds is 3. The quantitative estimate of drug-likeness (QED) is 0.895.